The van der Waals surface area contributed by atoms with Crippen molar-refractivity contribution in [1.29, 1.82) is 0 Å². The summed E-state index contributed by atoms with van der Waals surface area (Å²) in [5.74, 6) is 0.735. The van der Waals surface area contributed by atoms with Crippen LogP contribution in [-0.4, -0.2) is 7.05 Å². The maximum absolute atomic E-state index is 3.70. The van der Waals surface area contributed by atoms with Crippen molar-refractivity contribution in [1.82, 2.24) is 5.32 Å². The first-order valence-corrected chi connectivity index (χ1v) is 7.58. The molecule has 17 heavy (non-hydrogen) atoms. The van der Waals surface area contributed by atoms with Crippen LogP contribution in [0.15, 0.2) is 21.1 Å². The molecule has 0 saturated heterocycles. The van der Waals surface area contributed by atoms with E-state index in [-0.39, 0.29) is 0 Å². The van der Waals surface area contributed by atoms with Crippen LogP contribution in [0.25, 0.3) is 0 Å². The molecule has 0 aromatic heterocycles. The molecule has 0 bridgehead atoms. The van der Waals surface area contributed by atoms with Gasteiger partial charge in [-0.1, -0.05) is 45.7 Å². The Balaban J connectivity index is 2.35. The smallest absolute Gasteiger partial charge is 0.0363 e. The van der Waals surface area contributed by atoms with E-state index in [4.69, 9.17) is 0 Å². The first-order chi connectivity index (χ1) is 7.86. The largest absolute Gasteiger partial charge is 0.313 e. The number of halogens is 2. The molecular formula is C14H19Br2N. The summed E-state index contributed by atoms with van der Waals surface area (Å²) in [6, 6.07) is 4.88. The van der Waals surface area contributed by atoms with Crippen molar-refractivity contribution in [2.24, 2.45) is 11.3 Å². The summed E-state index contributed by atoms with van der Waals surface area (Å²) in [5.41, 5.74) is 3.11. The van der Waals surface area contributed by atoms with Crippen molar-refractivity contribution in [3.63, 3.8) is 0 Å². The lowest BCUT2D eigenvalue weighted by molar-refractivity contribution is 0.439. The van der Waals surface area contributed by atoms with Gasteiger partial charge in [0.05, 0.1) is 0 Å². The van der Waals surface area contributed by atoms with Gasteiger partial charge in [0.15, 0.2) is 0 Å². The molecule has 1 aromatic carbocycles. The Kier molecular flexibility index (Phi) is 3.73. The van der Waals surface area contributed by atoms with Crippen LogP contribution in [-0.2, 0) is 0 Å². The highest BCUT2D eigenvalue weighted by atomic mass is 79.9. The van der Waals surface area contributed by atoms with Gasteiger partial charge in [-0.05, 0) is 55.0 Å². The normalized spacial score (nSPS) is 23.5. The summed E-state index contributed by atoms with van der Waals surface area (Å²) in [5, 5.41) is 3.47. The second kappa shape index (κ2) is 4.67. The average Bonchev–Trinajstić information content (AvgIpc) is 2.84. The highest BCUT2D eigenvalue weighted by molar-refractivity contribution is 9.11. The van der Waals surface area contributed by atoms with Gasteiger partial charge in [-0.3, -0.25) is 0 Å². The van der Waals surface area contributed by atoms with Crippen molar-refractivity contribution in [2.75, 3.05) is 7.05 Å². The molecule has 1 N–H and O–H groups in total. The number of hydrogen-bond donors (Lipinski definition) is 1. The molecule has 0 heterocycles. The minimum absolute atomic E-state index is 0.441. The molecule has 1 saturated carbocycles. The molecule has 1 nitrogen and oxygen atoms in total. The Morgan fingerprint density at radius 1 is 1.29 bits per heavy atom. The summed E-state index contributed by atoms with van der Waals surface area (Å²) in [6.45, 7) is 6.81. The number of nitrogens with one attached hydrogen (secondary N) is 1. The van der Waals surface area contributed by atoms with Gasteiger partial charge < -0.3 is 5.32 Å². The quantitative estimate of drug-likeness (QED) is 0.814. The number of rotatable bonds is 3. The summed E-state index contributed by atoms with van der Waals surface area (Å²) in [6.07, 6.45) is 1.30. The van der Waals surface area contributed by atoms with Crippen molar-refractivity contribution in [2.45, 2.75) is 33.2 Å². The first-order valence-electron chi connectivity index (χ1n) is 5.99. The lowest BCUT2D eigenvalue weighted by Gasteiger charge is -2.21. The van der Waals surface area contributed by atoms with Gasteiger partial charge in [-0.2, -0.15) is 0 Å². The molecule has 1 aliphatic rings. The van der Waals surface area contributed by atoms with Crippen LogP contribution in [0.5, 0.6) is 0 Å². The molecule has 2 unspecified atom stereocenters. The first kappa shape index (κ1) is 13.6. The molecule has 1 aliphatic carbocycles. The van der Waals surface area contributed by atoms with E-state index in [1.165, 1.54) is 26.5 Å². The van der Waals surface area contributed by atoms with E-state index < -0.39 is 0 Å². The SMILES string of the molecule is CNC(c1cc(Br)c(C)cc1Br)C1CC1(C)C. The van der Waals surface area contributed by atoms with E-state index in [1.54, 1.807) is 0 Å². The molecule has 1 aromatic rings. The summed E-state index contributed by atoms with van der Waals surface area (Å²) in [4.78, 5) is 0. The highest BCUT2D eigenvalue weighted by Crippen LogP contribution is 2.58. The standard InChI is InChI=1S/C14H19Br2N/c1-8-5-12(16)9(6-11(8)15)13(17-4)10-7-14(10,2)3/h5-6,10,13,17H,7H2,1-4H3. The maximum atomic E-state index is 3.70. The zero-order chi connectivity index (χ0) is 12.8. The molecule has 94 valence electrons. The molecule has 0 amide bonds. The number of hydrogen-bond acceptors (Lipinski definition) is 1. The second-order valence-electron chi connectivity index (χ2n) is 5.69. The Hall–Kier alpha value is 0.140. The minimum Gasteiger partial charge on any atom is -0.313 e. The molecule has 0 radical (unpaired) electrons. The Bertz CT molecular complexity index is 440. The van der Waals surface area contributed by atoms with Crippen LogP contribution in [0.1, 0.15) is 37.4 Å². The maximum Gasteiger partial charge on any atom is 0.0363 e. The lowest BCUT2D eigenvalue weighted by atomic mass is 9.96. The fourth-order valence-electron chi connectivity index (χ4n) is 2.55. The Morgan fingerprint density at radius 2 is 1.88 bits per heavy atom. The van der Waals surface area contributed by atoms with Crippen molar-refractivity contribution in [3.8, 4) is 0 Å². The van der Waals surface area contributed by atoms with Gasteiger partial charge in [0, 0.05) is 15.0 Å². The Morgan fingerprint density at radius 3 is 2.35 bits per heavy atom. The predicted molar refractivity (Wildman–Crippen MR) is 80.3 cm³/mol. The third-order valence-electron chi connectivity index (χ3n) is 3.92. The number of benzene rings is 1. The van der Waals surface area contributed by atoms with E-state index in [0.29, 0.717) is 11.5 Å². The number of aryl methyl sites for hydroxylation is 1. The van der Waals surface area contributed by atoms with Gasteiger partial charge in [-0.25, -0.2) is 0 Å². The third kappa shape index (κ3) is 2.61. The fraction of sp³-hybridized carbons (Fsp3) is 0.571. The van der Waals surface area contributed by atoms with Crippen LogP contribution in [0, 0.1) is 18.3 Å². The van der Waals surface area contributed by atoms with Crippen LogP contribution >= 0.6 is 31.9 Å². The molecule has 1 fully saturated rings. The van der Waals surface area contributed by atoms with E-state index >= 15 is 0 Å². The summed E-state index contributed by atoms with van der Waals surface area (Å²) in [7, 11) is 2.05. The van der Waals surface area contributed by atoms with Crippen LogP contribution in [0.4, 0.5) is 0 Å². The zero-order valence-corrected chi connectivity index (χ0v) is 13.9. The monoisotopic (exact) mass is 359 g/mol. The molecular weight excluding hydrogens is 342 g/mol. The van der Waals surface area contributed by atoms with Crippen molar-refractivity contribution >= 4 is 31.9 Å². The van der Waals surface area contributed by atoms with E-state index in [1.807, 2.05) is 0 Å². The van der Waals surface area contributed by atoms with Crippen LogP contribution < -0.4 is 5.32 Å². The summed E-state index contributed by atoms with van der Waals surface area (Å²) >= 11 is 7.32. The van der Waals surface area contributed by atoms with Crippen molar-refractivity contribution < 1.29 is 0 Å². The molecule has 2 rings (SSSR count). The zero-order valence-electron chi connectivity index (χ0n) is 10.8. The molecule has 0 spiro atoms. The second-order valence-corrected chi connectivity index (χ2v) is 7.40. The van der Waals surface area contributed by atoms with E-state index in [0.717, 1.165) is 5.92 Å². The van der Waals surface area contributed by atoms with Gasteiger partial charge in [0.25, 0.3) is 0 Å². The lowest BCUT2D eigenvalue weighted by Crippen LogP contribution is -2.21. The van der Waals surface area contributed by atoms with E-state index in [2.05, 4.69) is 77.1 Å². The topological polar surface area (TPSA) is 12.0 Å². The van der Waals surface area contributed by atoms with Crippen LogP contribution in [0.2, 0.25) is 0 Å². The Labute approximate surface area is 121 Å². The highest BCUT2D eigenvalue weighted by Gasteiger charge is 2.50. The molecule has 2 atom stereocenters. The van der Waals surface area contributed by atoms with Gasteiger partial charge in [0.2, 0.25) is 0 Å². The average molecular weight is 361 g/mol. The molecule has 3 heteroatoms. The van der Waals surface area contributed by atoms with Crippen LogP contribution in [0.3, 0.4) is 0 Å². The van der Waals surface area contributed by atoms with Gasteiger partial charge in [0.1, 0.15) is 0 Å². The third-order valence-corrected chi connectivity index (χ3v) is 5.46. The van der Waals surface area contributed by atoms with E-state index in [9.17, 15) is 0 Å². The minimum atomic E-state index is 0.441. The summed E-state index contributed by atoms with van der Waals surface area (Å²) < 4.78 is 2.40. The van der Waals surface area contributed by atoms with Crippen molar-refractivity contribution in [3.05, 3.63) is 32.2 Å². The molecule has 0 aliphatic heterocycles. The van der Waals surface area contributed by atoms with Gasteiger partial charge in [-0.15, -0.1) is 0 Å². The van der Waals surface area contributed by atoms with Gasteiger partial charge >= 0.3 is 0 Å². The predicted octanol–water partition coefficient (Wildman–Crippen LogP) is 4.83. The fourth-order valence-corrected chi connectivity index (χ4v) is 3.62.